The highest BCUT2D eigenvalue weighted by atomic mass is 35.5. The van der Waals surface area contributed by atoms with Gasteiger partial charge in [0.15, 0.2) is 28.4 Å². The molecule has 0 N–H and O–H groups in total. The van der Waals surface area contributed by atoms with Crippen LogP contribution in [0.3, 0.4) is 0 Å². The number of imidazole rings is 1. The second-order valence-corrected chi connectivity index (χ2v) is 9.21. The Morgan fingerprint density at radius 3 is 2.84 bits per heavy atom. The number of thioether (sulfide) groups is 1. The molecule has 0 bridgehead atoms. The van der Waals surface area contributed by atoms with Crippen molar-refractivity contribution in [2.45, 2.75) is 49.4 Å². The van der Waals surface area contributed by atoms with Crippen LogP contribution in [0.15, 0.2) is 46.6 Å². The lowest BCUT2D eigenvalue weighted by molar-refractivity contribution is -0.193. The second kappa shape index (κ2) is 7.14. The number of aromatic nitrogens is 5. The molecule has 0 saturated carbocycles. The first-order chi connectivity index (χ1) is 15.0. The smallest absolute Gasteiger partial charge is 0.256 e. The second-order valence-electron chi connectivity index (χ2n) is 7.88. The Balaban J connectivity index is 1.28. The molecule has 0 spiro atoms. The molecule has 0 amide bonds. The Morgan fingerprint density at radius 2 is 1.97 bits per heavy atom. The molecule has 2 fully saturated rings. The maximum absolute atomic E-state index is 6.39. The lowest BCUT2D eigenvalue weighted by Gasteiger charge is -2.24. The molecule has 1 aromatic carbocycles. The van der Waals surface area contributed by atoms with Gasteiger partial charge in [-0.25, -0.2) is 19.9 Å². The van der Waals surface area contributed by atoms with Crippen LogP contribution < -0.4 is 0 Å². The standard InChI is InChI=1S/C20H18ClN5O4S/c1-20(2)29-14-12(7-31-19-25-10-5-3-4-6-11(10)28-19)27-18(15(14)30-20)26-9-24-13-16(21)22-8-23-17(13)26/h3-6,8-9,12,14-15,18H,7H2,1-2H3/t12-,14+,15-,18-/m1/s1. The molecular weight excluding hydrogens is 442 g/mol. The molecule has 4 aromatic rings. The number of hydrogen-bond acceptors (Lipinski definition) is 9. The molecule has 0 unspecified atom stereocenters. The fourth-order valence-electron chi connectivity index (χ4n) is 4.09. The number of fused-ring (bicyclic) bond motifs is 3. The number of hydrogen-bond donors (Lipinski definition) is 0. The summed E-state index contributed by atoms with van der Waals surface area (Å²) in [4.78, 5) is 17.2. The summed E-state index contributed by atoms with van der Waals surface area (Å²) in [5.41, 5.74) is 2.70. The number of halogens is 1. The zero-order valence-corrected chi connectivity index (χ0v) is 18.2. The van der Waals surface area contributed by atoms with Crippen LogP contribution in [0.25, 0.3) is 22.3 Å². The number of ether oxygens (including phenoxy) is 3. The van der Waals surface area contributed by atoms with E-state index in [2.05, 4.69) is 19.9 Å². The molecule has 5 heterocycles. The van der Waals surface area contributed by atoms with Gasteiger partial charge >= 0.3 is 0 Å². The molecule has 2 aliphatic rings. The molecule has 9 nitrogen and oxygen atoms in total. The zero-order valence-electron chi connectivity index (χ0n) is 16.6. The molecule has 0 aliphatic carbocycles. The topological polar surface area (TPSA) is 97.3 Å². The summed E-state index contributed by atoms with van der Waals surface area (Å²) in [5, 5.41) is 0.890. The summed E-state index contributed by atoms with van der Waals surface area (Å²) in [6, 6.07) is 7.69. The van der Waals surface area contributed by atoms with E-state index < -0.39 is 12.0 Å². The highest BCUT2D eigenvalue weighted by molar-refractivity contribution is 7.99. The molecular formula is C20H18ClN5O4S. The van der Waals surface area contributed by atoms with Crippen molar-refractivity contribution in [3.05, 3.63) is 42.1 Å². The third-order valence-electron chi connectivity index (χ3n) is 5.36. The molecule has 2 aliphatic heterocycles. The van der Waals surface area contributed by atoms with Gasteiger partial charge in [0.2, 0.25) is 0 Å². The van der Waals surface area contributed by atoms with Gasteiger partial charge in [-0.1, -0.05) is 35.5 Å². The molecule has 160 valence electrons. The van der Waals surface area contributed by atoms with Gasteiger partial charge in [-0.2, -0.15) is 0 Å². The van der Waals surface area contributed by atoms with E-state index in [4.69, 9.17) is 30.2 Å². The maximum Gasteiger partial charge on any atom is 0.256 e. The van der Waals surface area contributed by atoms with E-state index in [0.717, 1.165) is 11.1 Å². The van der Waals surface area contributed by atoms with E-state index in [1.165, 1.54) is 18.1 Å². The molecule has 11 heteroatoms. The Morgan fingerprint density at radius 1 is 1.13 bits per heavy atom. The lowest BCUT2D eigenvalue weighted by Crippen LogP contribution is -2.31. The monoisotopic (exact) mass is 459 g/mol. The Kier molecular flexibility index (Phi) is 4.48. The van der Waals surface area contributed by atoms with Gasteiger partial charge in [-0.15, -0.1) is 0 Å². The summed E-state index contributed by atoms with van der Waals surface area (Å²) in [6.45, 7) is 3.80. The molecule has 2 saturated heterocycles. The Bertz CT molecular complexity index is 1240. The van der Waals surface area contributed by atoms with Gasteiger partial charge in [0, 0.05) is 5.75 Å². The van der Waals surface area contributed by atoms with E-state index in [1.54, 1.807) is 6.33 Å². The van der Waals surface area contributed by atoms with Crippen molar-refractivity contribution in [3.8, 4) is 0 Å². The van der Waals surface area contributed by atoms with Crippen molar-refractivity contribution < 1.29 is 18.6 Å². The number of para-hydroxylation sites is 2. The van der Waals surface area contributed by atoms with Crippen molar-refractivity contribution in [1.29, 1.82) is 0 Å². The minimum Gasteiger partial charge on any atom is -0.431 e. The normalized spacial score (nSPS) is 27.3. The number of benzene rings is 1. The Hall–Kier alpha value is -2.24. The average molecular weight is 460 g/mol. The van der Waals surface area contributed by atoms with Crippen molar-refractivity contribution in [1.82, 2.24) is 24.5 Å². The minimum absolute atomic E-state index is 0.244. The zero-order chi connectivity index (χ0) is 21.2. The number of oxazole rings is 1. The fraction of sp³-hybridized carbons (Fsp3) is 0.400. The van der Waals surface area contributed by atoms with Crippen LogP contribution in [0.1, 0.15) is 20.1 Å². The van der Waals surface area contributed by atoms with Crippen LogP contribution >= 0.6 is 23.4 Å². The summed E-state index contributed by atoms with van der Waals surface area (Å²) in [7, 11) is 0. The van der Waals surface area contributed by atoms with Crippen LogP contribution in [0.2, 0.25) is 5.15 Å². The first-order valence-electron chi connectivity index (χ1n) is 9.81. The summed E-state index contributed by atoms with van der Waals surface area (Å²) in [5.74, 6) is -0.132. The van der Waals surface area contributed by atoms with Gasteiger partial charge in [-0.05, 0) is 26.0 Å². The van der Waals surface area contributed by atoms with Crippen LogP contribution in [0.4, 0.5) is 0 Å². The van der Waals surface area contributed by atoms with Gasteiger partial charge in [0.25, 0.3) is 5.22 Å². The average Bonchev–Trinajstić information content (AvgIpc) is 3.47. The third-order valence-corrected chi connectivity index (χ3v) is 6.55. The summed E-state index contributed by atoms with van der Waals surface area (Å²) >= 11 is 7.66. The number of nitrogens with zero attached hydrogens (tertiary/aromatic N) is 5. The molecule has 6 rings (SSSR count). The predicted molar refractivity (Wildman–Crippen MR) is 113 cm³/mol. The molecule has 4 atom stereocenters. The van der Waals surface area contributed by atoms with Gasteiger partial charge in [0.05, 0.1) is 12.4 Å². The van der Waals surface area contributed by atoms with E-state index in [9.17, 15) is 0 Å². The largest absolute Gasteiger partial charge is 0.431 e. The summed E-state index contributed by atoms with van der Waals surface area (Å²) in [6.07, 6.45) is 1.77. The molecule has 31 heavy (non-hydrogen) atoms. The lowest BCUT2D eigenvalue weighted by atomic mass is 10.1. The summed E-state index contributed by atoms with van der Waals surface area (Å²) < 4.78 is 26.4. The van der Waals surface area contributed by atoms with Crippen LogP contribution in [0, 0.1) is 0 Å². The van der Waals surface area contributed by atoms with Crippen LogP contribution in [0.5, 0.6) is 0 Å². The Labute approximate surface area is 186 Å². The first kappa shape index (κ1) is 19.4. The SMILES string of the molecule is CC1(C)O[C@@H]2[C@@H](O1)[C@@H](CSc1nc3ccccc3o1)O[C@H]2n1cnc2c(Cl)ncnc21. The highest BCUT2D eigenvalue weighted by Gasteiger charge is 2.56. The highest BCUT2D eigenvalue weighted by Crippen LogP contribution is 2.45. The molecule has 3 aromatic heterocycles. The predicted octanol–water partition coefficient (Wildman–Crippen LogP) is 3.83. The van der Waals surface area contributed by atoms with E-state index in [1.807, 2.05) is 42.7 Å². The van der Waals surface area contributed by atoms with Gasteiger partial charge in [0.1, 0.15) is 29.6 Å². The van der Waals surface area contributed by atoms with Crippen LogP contribution in [-0.4, -0.2) is 54.4 Å². The van der Waals surface area contributed by atoms with Crippen molar-refractivity contribution in [3.63, 3.8) is 0 Å². The van der Waals surface area contributed by atoms with E-state index in [-0.39, 0.29) is 18.3 Å². The quantitative estimate of drug-likeness (QED) is 0.333. The first-order valence-corrected chi connectivity index (χ1v) is 11.2. The van der Waals surface area contributed by atoms with E-state index in [0.29, 0.717) is 27.3 Å². The van der Waals surface area contributed by atoms with Gasteiger partial charge < -0.3 is 18.6 Å². The minimum atomic E-state index is -0.721. The maximum atomic E-state index is 6.39. The van der Waals surface area contributed by atoms with Crippen molar-refractivity contribution in [2.24, 2.45) is 0 Å². The molecule has 0 radical (unpaired) electrons. The van der Waals surface area contributed by atoms with Crippen molar-refractivity contribution >= 4 is 45.6 Å². The van der Waals surface area contributed by atoms with Crippen molar-refractivity contribution in [2.75, 3.05) is 5.75 Å². The third kappa shape index (κ3) is 3.30. The number of rotatable bonds is 4. The van der Waals surface area contributed by atoms with Crippen LogP contribution in [-0.2, 0) is 14.2 Å². The fourth-order valence-corrected chi connectivity index (χ4v) is 5.16. The van der Waals surface area contributed by atoms with Gasteiger partial charge in [-0.3, -0.25) is 4.57 Å². The van der Waals surface area contributed by atoms with E-state index >= 15 is 0 Å².